The van der Waals surface area contributed by atoms with Crippen LogP contribution in [0.5, 0.6) is 0 Å². The third-order valence-electron chi connectivity index (χ3n) is 1.13. The number of alkyl halides is 2. The fourth-order valence-corrected chi connectivity index (χ4v) is 2.11. The van der Waals surface area contributed by atoms with E-state index in [9.17, 15) is 0 Å². The molecule has 0 aliphatic carbocycles. The maximum absolute atomic E-state index is 2.31. The fourth-order valence-electron chi connectivity index (χ4n) is 0.721. The van der Waals surface area contributed by atoms with Crippen LogP contribution in [-0.2, 0) is 4.43 Å². The van der Waals surface area contributed by atoms with Crippen molar-refractivity contribution in [2.45, 2.75) is 4.43 Å². The van der Waals surface area contributed by atoms with E-state index in [1.165, 1.54) is 9.99 Å². The van der Waals surface area contributed by atoms with Gasteiger partial charge in [0.05, 0.1) is 0 Å². The van der Waals surface area contributed by atoms with Gasteiger partial charge in [-0.2, -0.15) is 0 Å². The number of benzene rings is 1. The van der Waals surface area contributed by atoms with Crippen molar-refractivity contribution < 1.29 is 21.2 Å². The van der Waals surface area contributed by atoms with Crippen molar-refractivity contribution in [3.63, 3.8) is 0 Å². The molecule has 0 fully saturated rings. The van der Waals surface area contributed by atoms with E-state index in [1.54, 1.807) is 0 Å². The highest BCUT2D eigenvalue weighted by Crippen LogP contribution is 1.92. The second-order valence-corrected chi connectivity index (χ2v) is 4.17. The summed E-state index contributed by atoms with van der Waals surface area (Å²) in [5, 5.41) is 0. The minimum absolute atomic E-state index is 0.429. The number of hydrogen-bond acceptors (Lipinski definition) is 0. The molecule has 1 heteroatoms. The van der Waals surface area contributed by atoms with Crippen molar-refractivity contribution in [2.75, 3.05) is 4.93 Å². The fraction of sp³-hybridized carbons (Fsp3) is 0.250. The van der Waals surface area contributed by atoms with Crippen LogP contribution in [0.4, 0.5) is 0 Å². The molecule has 0 N–H and O–H groups in total. The first-order valence-electron chi connectivity index (χ1n) is 2.91. The second-order valence-electron chi connectivity index (χ2n) is 1.89. The standard InChI is InChI=1S/C8H10I/c1-9-7-8-5-3-2-4-6-8/h2-6H,7H2,1H3/q+1. The molecule has 0 unspecified atom stereocenters. The zero-order chi connectivity index (χ0) is 6.53. The zero-order valence-corrected chi connectivity index (χ0v) is 7.63. The van der Waals surface area contributed by atoms with Gasteiger partial charge in [-0.3, -0.25) is 0 Å². The van der Waals surface area contributed by atoms with Gasteiger partial charge in [0, 0.05) is 0 Å². The number of halogens is 1. The van der Waals surface area contributed by atoms with Gasteiger partial charge < -0.3 is 0 Å². The summed E-state index contributed by atoms with van der Waals surface area (Å²) < 4.78 is 1.32. The highest BCUT2D eigenvalue weighted by Gasteiger charge is 1.97. The Bertz CT molecular complexity index is 157. The molecule has 0 saturated carbocycles. The van der Waals surface area contributed by atoms with Crippen molar-refractivity contribution in [2.24, 2.45) is 0 Å². The van der Waals surface area contributed by atoms with Crippen molar-refractivity contribution in [1.29, 1.82) is 0 Å². The number of hydrogen-bond donors (Lipinski definition) is 0. The van der Waals surface area contributed by atoms with Gasteiger partial charge in [-0.15, -0.1) is 0 Å². The average Bonchev–Trinajstić information content (AvgIpc) is 1.91. The summed E-state index contributed by atoms with van der Waals surface area (Å²) in [6, 6.07) is 10.7. The summed E-state index contributed by atoms with van der Waals surface area (Å²) in [7, 11) is 0. The van der Waals surface area contributed by atoms with Gasteiger partial charge in [-0.25, -0.2) is 0 Å². The van der Waals surface area contributed by atoms with Gasteiger partial charge in [0.1, 0.15) is 4.93 Å². The van der Waals surface area contributed by atoms with Gasteiger partial charge in [-0.05, 0) is 5.56 Å². The molecule has 0 atom stereocenters. The Balaban J connectivity index is 2.61. The predicted molar refractivity (Wildman–Crippen MR) is 36.1 cm³/mol. The third kappa shape index (κ3) is 2.35. The molecule has 0 amide bonds. The van der Waals surface area contributed by atoms with Gasteiger partial charge in [-0.1, -0.05) is 30.3 Å². The molecule has 0 aliphatic rings. The zero-order valence-electron chi connectivity index (χ0n) is 5.47. The van der Waals surface area contributed by atoms with E-state index >= 15 is 0 Å². The van der Waals surface area contributed by atoms with E-state index in [1.807, 2.05) is 0 Å². The Kier molecular flexibility index (Phi) is 3.04. The first kappa shape index (κ1) is 7.06. The monoisotopic (exact) mass is 233 g/mol. The normalized spacial score (nSPS) is 9.44. The van der Waals surface area contributed by atoms with E-state index < -0.39 is 0 Å². The first-order chi connectivity index (χ1) is 4.43. The summed E-state index contributed by atoms with van der Waals surface area (Å²) in [5.74, 6) is 0. The van der Waals surface area contributed by atoms with Crippen LogP contribution in [0.25, 0.3) is 0 Å². The Hall–Kier alpha value is -0.0500. The highest BCUT2D eigenvalue weighted by molar-refractivity contribution is 5.12. The second kappa shape index (κ2) is 3.88. The van der Waals surface area contributed by atoms with Crippen molar-refractivity contribution in [3.8, 4) is 0 Å². The lowest BCUT2D eigenvalue weighted by atomic mass is 10.2. The molecule has 0 spiro atoms. The topological polar surface area (TPSA) is 0 Å². The van der Waals surface area contributed by atoms with Crippen LogP contribution in [0.3, 0.4) is 0 Å². The largest absolute Gasteiger partial charge is 0.270 e. The lowest BCUT2D eigenvalue weighted by Crippen LogP contribution is -3.60. The van der Waals surface area contributed by atoms with E-state index in [0.29, 0.717) is 21.2 Å². The van der Waals surface area contributed by atoms with E-state index in [2.05, 4.69) is 35.3 Å². The average molecular weight is 233 g/mol. The molecular weight excluding hydrogens is 223 g/mol. The number of rotatable bonds is 2. The van der Waals surface area contributed by atoms with Crippen LogP contribution in [0, 0.1) is 0 Å². The maximum atomic E-state index is 2.31. The summed E-state index contributed by atoms with van der Waals surface area (Å²) in [6.07, 6.45) is 0. The Morgan fingerprint density at radius 3 is 2.44 bits per heavy atom. The maximum Gasteiger partial charge on any atom is 0.270 e. The molecule has 0 aromatic heterocycles. The first-order valence-corrected chi connectivity index (χ1v) is 6.59. The summed E-state index contributed by atoms with van der Waals surface area (Å²) >= 11 is 0.429. The minimum Gasteiger partial charge on any atom is -0.0622 e. The van der Waals surface area contributed by atoms with Crippen LogP contribution in [0.2, 0.25) is 0 Å². The van der Waals surface area contributed by atoms with Gasteiger partial charge in [0.15, 0.2) is 4.43 Å². The Labute approximate surface area is 66.5 Å². The molecule has 9 heavy (non-hydrogen) atoms. The van der Waals surface area contributed by atoms with E-state index in [-0.39, 0.29) is 0 Å². The molecule has 0 saturated heterocycles. The summed E-state index contributed by atoms with van der Waals surface area (Å²) in [6.45, 7) is 0. The SMILES string of the molecule is C[I+]Cc1ccccc1. The lowest BCUT2D eigenvalue weighted by Gasteiger charge is -1.85. The van der Waals surface area contributed by atoms with Crippen molar-refractivity contribution >= 4 is 0 Å². The molecular formula is C8H10I+. The lowest BCUT2D eigenvalue weighted by molar-refractivity contribution is -0.643. The summed E-state index contributed by atoms with van der Waals surface area (Å²) in [4.78, 5) is 2.31. The van der Waals surface area contributed by atoms with Gasteiger partial charge in [0.25, 0.3) is 21.2 Å². The molecule has 0 radical (unpaired) electrons. The van der Waals surface area contributed by atoms with Crippen LogP contribution in [0.1, 0.15) is 5.56 Å². The van der Waals surface area contributed by atoms with Gasteiger partial charge >= 0.3 is 0 Å². The van der Waals surface area contributed by atoms with Crippen LogP contribution in [0.15, 0.2) is 30.3 Å². The van der Waals surface area contributed by atoms with E-state index in [4.69, 9.17) is 0 Å². The minimum atomic E-state index is 0.429. The molecule has 1 aromatic rings. The molecule has 1 aromatic carbocycles. The Morgan fingerprint density at radius 2 is 1.89 bits per heavy atom. The van der Waals surface area contributed by atoms with Crippen LogP contribution in [-0.4, -0.2) is 4.93 Å². The predicted octanol–water partition coefficient (Wildman–Crippen LogP) is -1.09. The summed E-state index contributed by atoms with van der Waals surface area (Å²) in [5.41, 5.74) is 1.49. The third-order valence-corrected chi connectivity index (χ3v) is 2.77. The molecule has 0 nitrogen and oxygen atoms in total. The van der Waals surface area contributed by atoms with Gasteiger partial charge in [0.2, 0.25) is 0 Å². The highest BCUT2D eigenvalue weighted by atomic mass is 127. The quantitative estimate of drug-likeness (QED) is 0.449. The van der Waals surface area contributed by atoms with E-state index in [0.717, 1.165) is 0 Å². The smallest absolute Gasteiger partial charge is 0.0622 e. The van der Waals surface area contributed by atoms with Crippen LogP contribution >= 0.6 is 0 Å². The Morgan fingerprint density at radius 1 is 1.22 bits per heavy atom. The molecule has 1 rings (SSSR count). The molecule has 0 heterocycles. The van der Waals surface area contributed by atoms with Crippen LogP contribution < -0.4 is 21.2 Å². The van der Waals surface area contributed by atoms with Crippen molar-refractivity contribution in [3.05, 3.63) is 35.9 Å². The molecule has 48 valence electrons. The molecule has 0 aliphatic heterocycles. The molecule has 0 bridgehead atoms. The van der Waals surface area contributed by atoms with Crippen molar-refractivity contribution in [1.82, 2.24) is 0 Å².